The molecule has 0 aliphatic carbocycles. The van der Waals surface area contributed by atoms with Crippen LogP contribution < -0.4 is 5.32 Å². The van der Waals surface area contributed by atoms with Crippen molar-refractivity contribution in [3.8, 4) is 5.69 Å². The minimum atomic E-state index is -0.813. The molecule has 164 valence electrons. The minimum absolute atomic E-state index is 0.00976. The number of hydrogen-bond acceptors (Lipinski definition) is 5. The van der Waals surface area contributed by atoms with Gasteiger partial charge in [0.05, 0.1) is 23.5 Å². The van der Waals surface area contributed by atoms with Crippen molar-refractivity contribution in [3.05, 3.63) is 88.2 Å². The first-order valence-electron chi connectivity index (χ1n) is 9.54. The van der Waals surface area contributed by atoms with Crippen LogP contribution in [-0.2, 0) is 12.5 Å². The zero-order valence-corrected chi connectivity index (χ0v) is 18.7. The number of nitrogens with one attached hydrogen (secondary N) is 1. The average Bonchev–Trinajstić information content (AvgIpc) is 3.41. The number of hydrogen-bond donors (Lipinski definition) is 1. The largest absolute Gasteiger partial charge is 0.349 e. The van der Waals surface area contributed by atoms with Crippen molar-refractivity contribution in [1.29, 1.82) is 0 Å². The predicted octanol–water partition coefficient (Wildman–Crippen LogP) is 3.17. The second-order valence-corrected chi connectivity index (χ2v) is 8.22. The average molecular weight is 502 g/mol. The number of pyridine rings is 1. The fourth-order valence-electron chi connectivity index (χ4n) is 3.26. The summed E-state index contributed by atoms with van der Waals surface area (Å²) >= 11 is 3.39. The third kappa shape index (κ3) is 4.28. The standard InChI is InChI=1S/C21H18BrF2N7O/c1-21(13-9-26-30(2)10-13,18-4-3-5-19(22)27-18)12-25-20(32)16-11-31(29-28-16)17-7-6-14(23)8-15(17)24/h3-11H,12H2,1-2H3,(H,25,32). The lowest BCUT2D eigenvalue weighted by atomic mass is 9.80. The summed E-state index contributed by atoms with van der Waals surface area (Å²) in [5.74, 6) is -2.02. The molecule has 8 nitrogen and oxygen atoms in total. The number of aryl methyl sites for hydroxylation is 1. The number of aromatic nitrogens is 6. The molecule has 1 atom stereocenters. The molecule has 0 bridgehead atoms. The molecular formula is C21H18BrF2N7O. The number of rotatable bonds is 6. The van der Waals surface area contributed by atoms with Gasteiger partial charge in [0.2, 0.25) is 0 Å². The zero-order valence-electron chi connectivity index (χ0n) is 17.1. The minimum Gasteiger partial charge on any atom is -0.349 e. The van der Waals surface area contributed by atoms with Crippen molar-refractivity contribution >= 4 is 21.8 Å². The van der Waals surface area contributed by atoms with Gasteiger partial charge in [-0.15, -0.1) is 5.10 Å². The van der Waals surface area contributed by atoms with E-state index in [2.05, 4.69) is 41.6 Å². The van der Waals surface area contributed by atoms with Gasteiger partial charge in [-0.25, -0.2) is 18.4 Å². The lowest BCUT2D eigenvalue weighted by Crippen LogP contribution is -2.40. The van der Waals surface area contributed by atoms with Crippen LogP contribution in [0.5, 0.6) is 0 Å². The maximum Gasteiger partial charge on any atom is 0.273 e. The quantitative estimate of drug-likeness (QED) is 0.409. The Morgan fingerprint density at radius 1 is 1.22 bits per heavy atom. The SMILES string of the molecule is Cn1cc(C(C)(CNC(=O)c2cn(-c3ccc(F)cc3F)nn2)c2cccc(Br)n2)cn1. The monoisotopic (exact) mass is 501 g/mol. The van der Waals surface area contributed by atoms with Crippen LogP contribution in [0.4, 0.5) is 8.78 Å². The van der Waals surface area contributed by atoms with Gasteiger partial charge in [-0.05, 0) is 47.1 Å². The summed E-state index contributed by atoms with van der Waals surface area (Å²) in [4.78, 5) is 17.3. The highest BCUT2D eigenvalue weighted by Crippen LogP contribution is 2.30. The van der Waals surface area contributed by atoms with E-state index in [4.69, 9.17) is 0 Å². The van der Waals surface area contributed by atoms with E-state index in [0.717, 1.165) is 28.1 Å². The molecule has 0 radical (unpaired) electrons. The lowest BCUT2D eigenvalue weighted by Gasteiger charge is -2.28. The molecule has 1 aromatic carbocycles. The molecule has 0 aliphatic rings. The first-order chi connectivity index (χ1) is 15.3. The maximum atomic E-state index is 14.0. The van der Waals surface area contributed by atoms with Crippen LogP contribution in [0.25, 0.3) is 5.69 Å². The first-order valence-corrected chi connectivity index (χ1v) is 10.3. The van der Waals surface area contributed by atoms with Gasteiger partial charge in [0, 0.05) is 31.4 Å². The van der Waals surface area contributed by atoms with Gasteiger partial charge in [-0.2, -0.15) is 5.10 Å². The van der Waals surface area contributed by atoms with Gasteiger partial charge < -0.3 is 5.32 Å². The van der Waals surface area contributed by atoms with Gasteiger partial charge in [0.25, 0.3) is 5.91 Å². The van der Waals surface area contributed by atoms with E-state index < -0.39 is 23.0 Å². The van der Waals surface area contributed by atoms with Crippen LogP contribution >= 0.6 is 15.9 Å². The van der Waals surface area contributed by atoms with Crippen molar-refractivity contribution in [3.63, 3.8) is 0 Å². The van der Waals surface area contributed by atoms with Crippen LogP contribution in [-0.4, -0.2) is 42.2 Å². The van der Waals surface area contributed by atoms with Crippen molar-refractivity contribution in [2.75, 3.05) is 6.54 Å². The Morgan fingerprint density at radius 2 is 2.03 bits per heavy atom. The van der Waals surface area contributed by atoms with Crippen molar-refractivity contribution in [2.24, 2.45) is 7.05 Å². The van der Waals surface area contributed by atoms with Crippen molar-refractivity contribution in [2.45, 2.75) is 12.3 Å². The summed E-state index contributed by atoms with van der Waals surface area (Å²) in [5.41, 5.74) is 0.883. The van der Waals surface area contributed by atoms with Crippen LogP contribution in [0.2, 0.25) is 0 Å². The normalized spacial score (nSPS) is 13.0. The molecule has 0 aliphatic heterocycles. The number of halogens is 3. The second kappa shape index (κ2) is 8.58. The molecule has 0 saturated carbocycles. The topological polar surface area (TPSA) is 90.5 Å². The fourth-order valence-corrected chi connectivity index (χ4v) is 3.61. The molecule has 4 rings (SSSR count). The van der Waals surface area contributed by atoms with Crippen LogP contribution in [0.1, 0.15) is 28.7 Å². The molecule has 4 aromatic rings. The maximum absolute atomic E-state index is 14.0. The Hall–Kier alpha value is -3.47. The van der Waals surface area contributed by atoms with Gasteiger partial charge in [-0.1, -0.05) is 11.3 Å². The highest BCUT2D eigenvalue weighted by Gasteiger charge is 2.33. The number of benzene rings is 1. The Kier molecular flexibility index (Phi) is 5.83. The summed E-state index contributed by atoms with van der Waals surface area (Å²) in [6.07, 6.45) is 4.87. The molecule has 1 unspecified atom stereocenters. The Morgan fingerprint density at radius 3 is 2.72 bits per heavy atom. The van der Waals surface area contributed by atoms with Crippen LogP contribution in [0.3, 0.4) is 0 Å². The number of carbonyl (C=O) groups excluding carboxylic acids is 1. The van der Waals surface area contributed by atoms with Gasteiger partial charge in [0.1, 0.15) is 16.1 Å². The highest BCUT2D eigenvalue weighted by atomic mass is 79.9. The predicted molar refractivity (Wildman–Crippen MR) is 115 cm³/mol. The Bertz CT molecular complexity index is 1290. The Balaban J connectivity index is 1.58. The van der Waals surface area contributed by atoms with E-state index in [1.54, 1.807) is 10.9 Å². The molecule has 32 heavy (non-hydrogen) atoms. The van der Waals surface area contributed by atoms with E-state index in [1.165, 1.54) is 12.3 Å². The lowest BCUT2D eigenvalue weighted by molar-refractivity contribution is 0.0942. The van der Waals surface area contributed by atoms with Gasteiger partial charge in [-0.3, -0.25) is 9.48 Å². The van der Waals surface area contributed by atoms with Crippen LogP contribution in [0, 0.1) is 11.6 Å². The van der Waals surface area contributed by atoms with E-state index in [9.17, 15) is 13.6 Å². The highest BCUT2D eigenvalue weighted by molar-refractivity contribution is 9.10. The molecule has 1 amide bonds. The van der Waals surface area contributed by atoms with Crippen molar-refractivity contribution < 1.29 is 13.6 Å². The number of nitrogens with zero attached hydrogens (tertiary/aromatic N) is 6. The first kappa shape index (κ1) is 21.8. The molecule has 3 aromatic heterocycles. The molecule has 0 spiro atoms. The molecule has 0 fully saturated rings. The van der Waals surface area contributed by atoms with E-state index in [1.807, 2.05) is 38.4 Å². The summed E-state index contributed by atoms with van der Waals surface area (Å²) in [6.45, 7) is 2.14. The van der Waals surface area contributed by atoms with Gasteiger partial charge >= 0.3 is 0 Å². The van der Waals surface area contributed by atoms with Crippen LogP contribution in [0.15, 0.2) is 59.6 Å². The number of amides is 1. The third-order valence-electron chi connectivity index (χ3n) is 5.11. The molecule has 0 saturated heterocycles. The smallest absolute Gasteiger partial charge is 0.273 e. The molecule has 3 heterocycles. The molecular weight excluding hydrogens is 484 g/mol. The third-order valence-corrected chi connectivity index (χ3v) is 5.55. The summed E-state index contributed by atoms with van der Waals surface area (Å²) in [7, 11) is 1.81. The Labute approximate surface area is 190 Å². The summed E-state index contributed by atoms with van der Waals surface area (Å²) in [5, 5.41) is 14.7. The van der Waals surface area contributed by atoms with E-state index >= 15 is 0 Å². The second-order valence-electron chi connectivity index (χ2n) is 7.41. The number of carbonyl (C=O) groups is 1. The van der Waals surface area contributed by atoms with Gasteiger partial charge in [0.15, 0.2) is 11.5 Å². The fraction of sp³-hybridized carbons (Fsp3) is 0.190. The molecule has 11 heteroatoms. The summed E-state index contributed by atoms with van der Waals surface area (Å²) < 4.78 is 30.6. The molecule has 1 N–H and O–H groups in total. The van der Waals surface area contributed by atoms with E-state index in [-0.39, 0.29) is 17.9 Å². The zero-order chi connectivity index (χ0) is 22.9. The summed E-state index contributed by atoms with van der Waals surface area (Å²) in [6, 6.07) is 8.62. The van der Waals surface area contributed by atoms with E-state index in [0.29, 0.717) is 4.60 Å². The van der Waals surface area contributed by atoms with Crippen molar-refractivity contribution in [1.82, 2.24) is 35.1 Å².